The number of carbonyl (C=O) groups is 2. The number of ether oxygens (including phenoxy) is 2. The molecule has 0 aliphatic carbocycles. The number of nitrogens with one attached hydrogen (secondary N) is 2. The molecule has 0 aromatic carbocycles. The highest BCUT2D eigenvalue weighted by Crippen LogP contribution is 2.08. The summed E-state index contributed by atoms with van der Waals surface area (Å²) in [5.74, 6) is 0.356. The molecule has 0 saturated heterocycles. The van der Waals surface area contributed by atoms with Gasteiger partial charge in [0.15, 0.2) is 0 Å². The van der Waals surface area contributed by atoms with Gasteiger partial charge in [0, 0.05) is 19.5 Å². The minimum atomic E-state index is -0.171. The molecular formula is C18H34N2O4. The summed E-state index contributed by atoms with van der Waals surface area (Å²) in [6.45, 7) is 15.6. The third-order valence-corrected chi connectivity index (χ3v) is 3.73. The topological polar surface area (TPSA) is 76.7 Å². The van der Waals surface area contributed by atoms with Crippen LogP contribution < -0.4 is 10.6 Å². The largest absolute Gasteiger partial charge is 0.375 e. The minimum absolute atomic E-state index is 0.0377. The van der Waals surface area contributed by atoms with Gasteiger partial charge in [0.2, 0.25) is 11.8 Å². The average molecular weight is 342 g/mol. The molecule has 0 aromatic rings. The second-order valence-corrected chi connectivity index (χ2v) is 6.39. The SMILES string of the molecule is C=CC(=O)NCC(C)COC(C)C(C)OCC(C)CNC(=O)CC. The molecule has 6 nitrogen and oxygen atoms in total. The maximum absolute atomic E-state index is 11.2. The van der Waals surface area contributed by atoms with Crippen molar-refractivity contribution in [3.05, 3.63) is 12.7 Å². The Morgan fingerprint density at radius 1 is 0.958 bits per heavy atom. The van der Waals surface area contributed by atoms with Crippen molar-refractivity contribution in [1.29, 1.82) is 0 Å². The van der Waals surface area contributed by atoms with E-state index in [2.05, 4.69) is 17.2 Å². The highest BCUT2D eigenvalue weighted by Gasteiger charge is 2.16. The van der Waals surface area contributed by atoms with Gasteiger partial charge in [-0.2, -0.15) is 0 Å². The van der Waals surface area contributed by atoms with E-state index in [4.69, 9.17) is 9.47 Å². The fraction of sp³-hybridized carbons (Fsp3) is 0.778. The number of hydrogen-bond donors (Lipinski definition) is 2. The van der Waals surface area contributed by atoms with Crippen molar-refractivity contribution >= 4 is 11.8 Å². The van der Waals surface area contributed by atoms with Crippen molar-refractivity contribution in [2.75, 3.05) is 26.3 Å². The van der Waals surface area contributed by atoms with E-state index >= 15 is 0 Å². The Morgan fingerprint density at radius 3 is 1.83 bits per heavy atom. The van der Waals surface area contributed by atoms with Crippen LogP contribution >= 0.6 is 0 Å². The molecule has 140 valence electrons. The first-order valence-corrected chi connectivity index (χ1v) is 8.70. The summed E-state index contributed by atoms with van der Waals surface area (Å²) in [6, 6.07) is 0. The van der Waals surface area contributed by atoms with E-state index in [9.17, 15) is 9.59 Å². The summed E-state index contributed by atoms with van der Waals surface area (Å²) in [7, 11) is 0. The number of hydrogen-bond acceptors (Lipinski definition) is 4. The zero-order valence-electron chi connectivity index (χ0n) is 15.8. The van der Waals surface area contributed by atoms with Gasteiger partial charge in [-0.15, -0.1) is 0 Å². The molecular weight excluding hydrogens is 308 g/mol. The summed E-state index contributed by atoms with van der Waals surface area (Å²) in [5.41, 5.74) is 0. The smallest absolute Gasteiger partial charge is 0.243 e. The van der Waals surface area contributed by atoms with Crippen LogP contribution in [0.3, 0.4) is 0 Å². The van der Waals surface area contributed by atoms with Gasteiger partial charge >= 0.3 is 0 Å². The van der Waals surface area contributed by atoms with Crippen molar-refractivity contribution in [3.8, 4) is 0 Å². The Balaban J connectivity index is 3.89. The lowest BCUT2D eigenvalue weighted by molar-refractivity contribution is -0.121. The van der Waals surface area contributed by atoms with Crippen molar-refractivity contribution in [1.82, 2.24) is 10.6 Å². The van der Waals surface area contributed by atoms with Crippen LogP contribution in [0.25, 0.3) is 0 Å². The van der Waals surface area contributed by atoms with Gasteiger partial charge in [-0.3, -0.25) is 9.59 Å². The van der Waals surface area contributed by atoms with Crippen molar-refractivity contribution in [3.63, 3.8) is 0 Å². The van der Waals surface area contributed by atoms with E-state index in [1.54, 1.807) is 0 Å². The van der Waals surface area contributed by atoms with Crippen molar-refractivity contribution in [2.45, 2.75) is 53.2 Å². The molecule has 0 aliphatic rings. The maximum Gasteiger partial charge on any atom is 0.243 e. The molecule has 0 aliphatic heterocycles. The zero-order chi connectivity index (χ0) is 18.5. The predicted molar refractivity (Wildman–Crippen MR) is 95.7 cm³/mol. The lowest BCUT2D eigenvalue weighted by atomic mass is 10.2. The second-order valence-electron chi connectivity index (χ2n) is 6.39. The van der Waals surface area contributed by atoms with Crippen LogP contribution in [0.2, 0.25) is 0 Å². The Labute approximate surface area is 146 Å². The molecule has 4 atom stereocenters. The van der Waals surface area contributed by atoms with E-state index in [1.165, 1.54) is 6.08 Å². The molecule has 0 bridgehead atoms. The van der Waals surface area contributed by atoms with Gasteiger partial charge in [-0.1, -0.05) is 27.4 Å². The van der Waals surface area contributed by atoms with Crippen molar-refractivity contribution < 1.29 is 19.1 Å². The van der Waals surface area contributed by atoms with Gasteiger partial charge in [-0.25, -0.2) is 0 Å². The van der Waals surface area contributed by atoms with E-state index in [0.29, 0.717) is 32.7 Å². The normalized spacial score (nSPS) is 15.9. The highest BCUT2D eigenvalue weighted by molar-refractivity contribution is 5.86. The molecule has 4 unspecified atom stereocenters. The monoisotopic (exact) mass is 342 g/mol. The molecule has 0 heterocycles. The highest BCUT2D eigenvalue weighted by atomic mass is 16.5. The summed E-state index contributed by atoms with van der Waals surface area (Å²) >= 11 is 0. The lowest BCUT2D eigenvalue weighted by Crippen LogP contribution is -2.34. The van der Waals surface area contributed by atoms with Crippen LogP contribution in [0, 0.1) is 11.8 Å². The predicted octanol–water partition coefficient (Wildman–Crippen LogP) is 1.90. The molecule has 0 aromatic heterocycles. The number of rotatable bonds is 13. The zero-order valence-corrected chi connectivity index (χ0v) is 15.8. The summed E-state index contributed by atoms with van der Waals surface area (Å²) in [4.78, 5) is 22.3. The Kier molecular flexibility index (Phi) is 12.2. The molecule has 0 fully saturated rings. The Bertz CT molecular complexity index is 387. The van der Waals surface area contributed by atoms with E-state index in [0.717, 1.165) is 0 Å². The minimum Gasteiger partial charge on any atom is -0.375 e. The van der Waals surface area contributed by atoms with Gasteiger partial charge < -0.3 is 20.1 Å². The Hall–Kier alpha value is -1.40. The molecule has 24 heavy (non-hydrogen) atoms. The molecule has 0 spiro atoms. The molecule has 2 amide bonds. The molecule has 2 N–H and O–H groups in total. The van der Waals surface area contributed by atoms with E-state index in [-0.39, 0.29) is 35.9 Å². The first-order chi connectivity index (χ1) is 11.3. The van der Waals surface area contributed by atoms with Crippen LogP contribution in [0.1, 0.15) is 41.0 Å². The summed E-state index contributed by atoms with van der Waals surface area (Å²) in [6.07, 6.45) is 1.68. The number of amides is 2. The first kappa shape index (κ1) is 22.6. The Morgan fingerprint density at radius 2 is 1.42 bits per heavy atom. The first-order valence-electron chi connectivity index (χ1n) is 8.70. The molecule has 0 radical (unpaired) electrons. The van der Waals surface area contributed by atoms with Crippen LogP contribution in [-0.2, 0) is 19.1 Å². The quantitative estimate of drug-likeness (QED) is 0.501. The fourth-order valence-corrected chi connectivity index (χ4v) is 1.78. The summed E-state index contributed by atoms with van der Waals surface area (Å²) in [5, 5.41) is 5.61. The van der Waals surface area contributed by atoms with Crippen LogP contribution in [0.4, 0.5) is 0 Å². The fourth-order valence-electron chi connectivity index (χ4n) is 1.78. The van der Waals surface area contributed by atoms with Crippen LogP contribution in [0.15, 0.2) is 12.7 Å². The van der Waals surface area contributed by atoms with E-state index in [1.807, 2.05) is 34.6 Å². The van der Waals surface area contributed by atoms with Gasteiger partial charge in [0.05, 0.1) is 25.4 Å². The number of carbonyl (C=O) groups excluding carboxylic acids is 2. The van der Waals surface area contributed by atoms with Gasteiger partial charge in [0.25, 0.3) is 0 Å². The molecule has 0 rings (SSSR count). The molecule has 0 saturated carbocycles. The third-order valence-electron chi connectivity index (χ3n) is 3.73. The molecule has 6 heteroatoms. The summed E-state index contributed by atoms with van der Waals surface area (Å²) < 4.78 is 11.6. The van der Waals surface area contributed by atoms with Gasteiger partial charge in [-0.05, 0) is 31.8 Å². The van der Waals surface area contributed by atoms with Gasteiger partial charge in [0.1, 0.15) is 0 Å². The average Bonchev–Trinajstić information content (AvgIpc) is 2.59. The van der Waals surface area contributed by atoms with E-state index < -0.39 is 0 Å². The maximum atomic E-state index is 11.2. The van der Waals surface area contributed by atoms with Crippen molar-refractivity contribution in [2.24, 2.45) is 11.8 Å². The second kappa shape index (κ2) is 13.0. The van der Waals surface area contributed by atoms with Crippen LogP contribution in [-0.4, -0.2) is 50.3 Å². The lowest BCUT2D eigenvalue weighted by Gasteiger charge is -2.24. The third kappa shape index (κ3) is 11.2. The van der Waals surface area contributed by atoms with Crippen LogP contribution in [0.5, 0.6) is 0 Å². The standard InChI is InChI=1S/C18H34N2O4/c1-7-17(21)19-9-13(3)11-23-15(5)16(6)24-12-14(4)10-20-18(22)8-2/h7,13-16H,1,8-12H2,2-6H3,(H,19,21)(H,20,22).